The molecule has 1 fully saturated rings. The molecule has 1 aromatic rings. The second-order valence-corrected chi connectivity index (χ2v) is 6.05. The monoisotopic (exact) mass is 249 g/mol. The summed E-state index contributed by atoms with van der Waals surface area (Å²) in [7, 11) is 0. The fourth-order valence-corrected chi connectivity index (χ4v) is 3.23. The Morgan fingerprint density at radius 3 is 2.28 bits per heavy atom. The molecule has 1 saturated carbocycles. The van der Waals surface area contributed by atoms with Crippen molar-refractivity contribution in [2.75, 3.05) is 5.01 Å². The van der Waals surface area contributed by atoms with Crippen molar-refractivity contribution in [2.45, 2.75) is 77.8 Å². The molecule has 102 valence electrons. The summed E-state index contributed by atoms with van der Waals surface area (Å²) in [5.74, 6) is 0.709. The molecule has 0 atom stereocenters. The molecule has 3 nitrogen and oxygen atoms in total. The quantitative estimate of drug-likeness (QED) is 0.811. The lowest BCUT2D eigenvalue weighted by Crippen LogP contribution is -2.47. The van der Waals surface area contributed by atoms with Gasteiger partial charge in [0, 0.05) is 18.0 Å². The molecule has 18 heavy (non-hydrogen) atoms. The molecule has 0 amide bonds. The number of rotatable bonds is 4. The summed E-state index contributed by atoms with van der Waals surface area (Å²) < 4.78 is 0. The van der Waals surface area contributed by atoms with Crippen molar-refractivity contribution in [1.82, 2.24) is 9.89 Å². The maximum atomic E-state index is 4.58. The summed E-state index contributed by atoms with van der Waals surface area (Å²) in [6.45, 7) is 8.97. The van der Waals surface area contributed by atoms with Gasteiger partial charge in [0.25, 0.3) is 0 Å². The van der Waals surface area contributed by atoms with Crippen LogP contribution in [0.5, 0.6) is 0 Å². The summed E-state index contributed by atoms with van der Waals surface area (Å²) in [6.07, 6.45) is 8.77. The molecule has 0 N–H and O–H groups in total. The maximum absolute atomic E-state index is 4.58. The minimum Gasteiger partial charge on any atom is -0.292 e. The molecule has 0 aromatic carbocycles. The zero-order valence-corrected chi connectivity index (χ0v) is 12.3. The van der Waals surface area contributed by atoms with Gasteiger partial charge in [-0.1, -0.05) is 19.3 Å². The van der Waals surface area contributed by atoms with Gasteiger partial charge in [-0.2, -0.15) is 9.89 Å². The third kappa shape index (κ3) is 2.70. The molecule has 0 radical (unpaired) electrons. The zero-order chi connectivity index (χ0) is 13.1. The van der Waals surface area contributed by atoms with Crippen LogP contribution in [0.3, 0.4) is 0 Å². The van der Waals surface area contributed by atoms with E-state index in [2.05, 4.69) is 48.7 Å². The second-order valence-electron chi connectivity index (χ2n) is 6.05. The minimum absolute atomic E-state index is 0.479. The molecule has 0 aliphatic heterocycles. The number of nitrogens with zero attached hydrogens (tertiary/aromatic N) is 3. The lowest BCUT2D eigenvalue weighted by Gasteiger charge is -2.35. The van der Waals surface area contributed by atoms with Gasteiger partial charge in [-0.3, -0.25) is 5.01 Å². The van der Waals surface area contributed by atoms with Crippen LogP contribution in [0.25, 0.3) is 0 Å². The summed E-state index contributed by atoms with van der Waals surface area (Å²) in [6, 6.07) is 3.17. The van der Waals surface area contributed by atoms with Gasteiger partial charge in [-0.05, 0) is 46.6 Å². The molecule has 3 heteroatoms. The van der Waals surface area contributed by atoms with Crippen molar-refractivity contribution >= 4 is 0 Å². The first kappa shape index (κ1) is 13.4. The first-order valence-corrected chi connectivity index (χ1v) is 7.43. The number of hydrogen-bond acceptors (Lipinski definition) is 2. The zero-order valence-electron chi connectivity index (χ0n) is 12.3. The average Bonchev–Trinajstić information content (AvgIpc) is 2.78. The highest BCUT2D eigenvalue weighted by Crippen LogP contribution is 2.32. The van der Waals surface area contributed by atoms with E-state index in [9.17, 15) is 0 Å². The molecule has 2 rings (SSSR count). The maximum Gasteiger partial charge on any atom is 0.0653 e. The molecule has 1 aliphatic rings. The smallest absolute Gasteiger partial charge is 0.0653 e. The van der Waals surface area contributed by atoms with E-state index in [-0.39, 0.29) is 0 Å². The molecule has 0 saturated heterocycles. The number of aromatic nitrogens is 2. The fraction of sp³-hybridized carbons (Fsp3) is 0.800. The summed E-state index contributed by atoms with van der Waals surface area (Å²) in [4.78, 5) is 2.17. The van der Waals surface area contributed by atoms with E-state index in [1.165, 1.54) is 37.8 Å². The predicted octanol–water partition coefficient (Wildman–Crippen LogP) is 3.69. The second kappa shape index (κ2) is 5.77. The van der Waals surface area contributed by atoms with E-state index in [1.54, 1.807) is 0 Å². The highest BCUT2D eigenvalue weighted by atomic mass is 15.7. The average molecular weight is 249 g/mol. The van der Waals surface area contributed by atoms with Crippen molar-refractivity contribution in [1.29, 1.82) is 0 Å². The van der Waals surface area contributed by atoms with Crippen LogP contribution >= 0.6 is 0 Å². The van der Waals surface area contributed by atoms with Crippen LogP contribution in [0.4, 0.5) is 0 Å². The molecule has 0 bridgehead atoms. The van der Waals surface area contributed by atoms with Crippen molar-refractivity contribution in [2.24, 2.45) is 0 Å². The van der Waals surface area contributed by atoms with Gasteiger partial charge < -0.3 is 0 Å². The van der Waals surface area contributed by atoms with Crippen LogP contribution in [0, 0.1) is 0 Å². The largest absolute Gasteiger partial charge is 0.292 e. The third-order valence-electron chi connectivity index (χ3n) is 3.95. The van der Waals surface area contributed by atoms with Crippen LogP contribution in [0.1, 0.15) is 71.4 Å². The molecule has 1 aliphatic carbocycles. The van der Waals surface area contributed by atoms with E-state index in [0.717, 1.165) is 0 Å². The first-order chi connectivity index (χ1) is 8.61. The lowest BCUT2D eigenvalue weighted by atomic mass is 9.87. The Morgan fingerprint density at radius 1 is 1.11 bits per heavy atom. The highest BCUT2D eigenvalue weighted by molar-refractivity contribution is 5.12. The lowest BCUT2D eigenvalue weighted by molar-refractivity contribution is 0.374. The van der Waals surface area contributed by atoms with Gasteiger partial charge in [0.2, 0.25) is 0 Å². The highest BCUT2D eigenvalue weighted by Gasteiger charge is 2.23. The van der Waals surface area contributed by atoms with Gasteiger partial charge in [0.1, 0.15) is 0 Å². The van der Waals surface area contributed by atoms with Gasteiger partial charge in [-0.25, -0.2) is 0 Å². The molecule has 0 spiro atoms. The number of hydrogen-bond donors (Lipinski definition) is 0. The van der Waals surface area contributed by atoms with Crippen LogP contribution in [-0.4, -0.2) is 22.0 Å². The van der Waals surface area contributed by atoms with Gasteiger partial charge in [0.05, 0.1) is 11.9 Å². The van der Waals surface area contributed by atoms with Crippen molar-refractivity contribution in [3.05, 3.63) is 18.0 Å². The van der Waals surface area contributed by atoms with E-state index in [1.807, 2.05) is 6.20 Å². The van der Waals surface area contributed by atoms with E-state index >= 15 is 0 Å². The summed E-state index contributed by atoms with van der Waals surface area (Å²) >= 11 is 0. The molecular weight excluding hydrogens is 222 g/mol. The van der Waals surface area contributed by atoms with E-state index in [0.29, 0.717) is 18.0 Å². The normalized spacial score (nSPS) is 17.7. The van der Waals surface area contributed by atoms with E-state index < -0.39 is 0 Å². The van der Waals surface area contributed by atoms with Crippen molar-refractivity contribution < 1.29 is 0 Å². The first-order valence-electron chi connectivity index (χ1n) is 7.43. The molecule has 1 aromatic heterocycles. The fourth-order valence-electron chi connectivity index (χ4n) is 3.23. The Bertz CT molecular complexity index is 354. The topological polar surface area (TPSA) is 21.1 Å². The Morgan fingerprint density at radius 2 is 1.72 bits per heavy atom. The van der Waals surface area contributed by atoms with Crippen LogP contribution in [-0.2, 0) is 0 Å². The van der Waals surface area contributed by atoms with Gasteiger partial charge >= 0.3 is 0 Å². The van der Waals surface area contributed by atoms with Crippen molar-refractivity contribution in [3.63, 3.8) is 0 Å². The van der Waals surface area contributed by atoms with Crippen LogP contribution in [0.2, 0.25) is 0 Å². The minimum atomic E-state index is 0.479. The Hall–Kier alpha value is -0.990. The Labute approximate surface area is 111 Å². The van der Waals surface area contributed by atoms with Gasteiger partial charge in [-0.15, -0.1) is 0 Å². The third-order valence-corrected chi connectivity index (χ3v) is 3.95. The molecule has 0 unspecified atom stereocenters. The Kier molecular flexibility index (Phi) is 4.31. The van der Waals surface area contributed by atoms with Crippen LogP contribution < -0.4 is 5.01 Å². The standard InChI is InChI=1S/C15H27N3/c1-12(2)17(13(3)4)18-15(10-11-16-18)14-8-6-5-7-9-14/h10-14H,5-9H2,1-4H3. The van der Waals surface area contributed by atoms with Crippen LogP contribution in [0.15, 0.2) is 12.3 Å². The summed E-state index contributed by atoms with van der Waals surface area (Å²) in [5, 5.41) is 6.96. The SMILES string of the molecule is CC(C)N(C(C)C)n1nccc1C1CCCCC1. The predicted molar refractivity (Wildman–Crippen MR) is 76.5 cm³/mol. The Balaban J connectivity index is 2.24. The molecular formula is C15H27N3. The van der Waals surface area contributed by atoms with Crippen molar-refractivity contribution in [3.8, 4) is 0 Å². The van der Waals surface area contributed by atoms with Gasteiger partial charge in [0.15, 0.2) is 0 Å². The molecule has 1 heterocycles. The summed E-state index contributed by atoms with van der Waals surface area (Å²) in [5.41, 5.74) is 1.41. The van der Waals surface area contributed by atoms with E-state index in [4.69, 9.17) is 0 Å².